The predicted molar refractivity (Wildman–Crippen MR) is 58.3 cm³/mol. The predicted octanol–water partition coefficient (Wildman–Crippen LogP) is 3.45. The van der Waals surface area contributed by atoms with Crippen molar-refractivity contribution in [3.63, 3.8) is 0 Å². The highest BCUT2D eigenvalue weighted by atomic mass is 35.5. The Balaban J connectivity index is 2.93. The van der Waals surface area contributed by atoms with E-state index in [1.165, 1.54) is 6.92 Å². The molecule has 0 bridgehead atoms. The Hall–Kier alpha value is 0.630. The fourth-order valence-corrected chi connectivity index (χ4v) is 3.25. The normalized spacial score (nSPS) is 25.6. The van der Waals surface area contributed by atoms with Crippen molar-refractivity contribution in [3.8, 4) is 0 Å². The molecule has 0 spiro atoms. The highest BCUT2D eigenvalue weighted by Gasteiger charge is 2.89. The van der Waals surface area contributed by atoms with Gasteiger partial charge in [-0.3, -0.25) is 4.79 Å². The number of alkyl halides is 4. The van der Waals surface area contributed by atoms with Gasteiger partial charge in [-0.15, -0.1) is 0 Å². The Kier molecular flexibility index (Phi) is 3.25. The van der Waals surface area contributed by atoms with Crippen LogP contribution in [-0.2, 0) is 9.53 Å². The quantitative estimate of drug-likeness (QED) is 0.584. The van der Waals surface area contributed by atoms with Crippen molar-refractivity contribution in [2.24, 2.45) is 0 Å². The molecule has 1 fully saturated rings. The first-order valence-electron chi connectivity index (χ1n) is 4.18. The van der Waals surface area contributed by atoms with E-state index >= 15 is 0 Å². The van der Waals surface area contributed by atoms with E-state index in [4.69, 9.17) is 51.1 Å². The van der Waals surface area contributed by atoms with Gasteiger partial charge in [0.15, 0.2) is 14.3 Å². The molecule has 0 radical (unpaired) electrons. The number of hydrogen-bond donors (Lipinski definition) is 0. The van der Waals surface area contributed by atoms with Crippen LogP contribution in [0.4, 0.5) is 0 Å². The number of hydrogen-bond acceptors (Lipinski definition) is 2. The van der Waals surface area contributed by atoms with Crippen molar-refractivity contribution in [1.82, 2.24) is 0 Å². The molecule has 6 heteroatoms. The summed E-state index contributed by atoms with van der Waals surface area (Å²) in [7, 11) is 0. The van der Waals surface area contributed by atoms with E-state index in [1.807, 2.05) is 6.92 Å². The van der Waals surface area contributed by atoms with Crippen LogP contribution in [0.25, 0.3) is 0 Å². The van der Waals surface area contributed by atoms with Gasteiger partial charge in [0, 0.05) is 6.92 Å². The Labute approximate surface area is 103 Å². The molecule has 0 amide bonds. The van der Waals surface area contributed by atoms with Crippen molar-refractivity contribution in [2.45, 2.75) is 41.0 Å². The summed E-state index contributed by atoms with van der Waals surface area (Å²) in [5, 5.41) is 0. The molecule has 0 saturated heterocycles. The summed E-state index contributed by atoms with van der Waals surface area (Å²) in [6, 6.07) is 0. The molecule has 82 valence electrons. The lowest BCUT2D eigenvalue weighted by atomic mass is 10.2. The molecule has 0 aromatic carbocycles. The first-order chi connectivity index (χ1) is 6.23. The average molecular weight is 280 g/mol. The average Bonchev–Trinajstić information content (AvgIpc) is 2.29. The van der Waals surface area contributed by atoms with E-state index in [1.54, 1.807) is 0 Å². The topological polar surface area (TPSA) is 26.3 Å². The first kappa shape index (κ1) is 12.7. The lowest BCUT2D eigenvalue weighted by molar-refractivity contribution is -0.149. The Morgan fingerprint density at radius 1 is 1.21 bits per heavy atom. The standard InChI is InChI=1S/C8H10Cl4O2/c1-3-4-6(14-5(2)13)7(9,10)8(6,11)12/h3-4H2,1-2H3. The van der Waals surface area contributed by atoms with Gasteiger partial charge in [-0.05, 0) is 6.42 Å². The Bertz CT molecular complexity index is 248. The molecule has 0 atom stereocenters. The SMILES string of the molecule is CCCC1(OC(C)=O)C(Cl)(Cl)C1(Cl)Cl. The van der Waals surface area contributed by atoms with Crippen LogP contribution in [0.2, 0.25) is 0 Å². The third kappa shape index (κ3) is 1.42. The molecule has 0 unspecified atom stereocenters. The second kappa shape index (κ2) is 3.58. The maximum atomic E-state index is 10.9. The second-order valence-corrected chi connectivity index (χ2v) is 5.97. The highest BCUT2D eigenvalue weighted by Crippen LogP contribution is 2.75. The number of esters is 1. The van der Waals surface area contributed by atoms with E-state index < -0.39 is 20.2 Å². The largest absolute Gasteiger partial charge is 0.453 e. The van der Waals surface area contributed by atoms with Gasteiger partial charge in [0.2, 0.25) is 0 Å². The van der Waals surface area contributed by atoms with Crippen molar-refractivity contribution in [3.05, 3.63) is 0 Å². The Morgan fingerprint density at radius 2 is 1.64 bits per heavy atom. The lowest BCUT2D eigenvalue weighted by Gasteiger charge is -2.17. The molecule has 1 rings (SSSR count). The van der Waals surface area contributed by atoms with Gasteiger partial charge in [0.25, 0.3) is 0 Å². The fourth-order valence-electron chi connectivity index (χ4n) is 1.54. The van der Waals surface area contributed by atoms with Crippen LogP contribution in [-0.4, -0.2) is 20.2 Å². The smallest absolute Gasteiger partial charge is 0.303 e. The molecule has 0 N–H and O–H groups in total. The van der Waals surface area contributed by atoms with Crippen LogP contribution >= 0.6 is 46.4 Å². The van der Waals surface area contributed by atoms with E-state index in [0.29, 0.717) is 6.42 Å². The highest BCUT2D eigenvalue weighted by molar-refractivity contribution is 6.70. The monoisotopic (exact) mass is 278 g/mol. The van der Waals surface area contributed by atoms with E-state index in [-0.39, 0.29) is 0 Å². The molecule has 0 heterocycles. The second-order valence-electron chi connectivity index (χ2n) is 3.32. The number of rotatable bonds is 3. The number of ether oxygens (including phenoxy) is 1. The molecule has 1 aliphatic rings. The van der Waals surface area contributed by atoms with Gasteiger partial charge in [0.1, 0.15) is 0 Å². The third-order valence-corrected chi connectivity index (χ3v) is 5.01. The van der Waals surface area contributed by atoms with E-state index in [0.717, 1.165) is 6.42 Å². The van der Waals surface area contributed by atoms with Gasteiger partial charge in [-0.2, -0.15) is 0 Å². The van der Waals surface area contributed by atoms with E-state index in [2.05, 4.69) is 0 Å². The maximum absolute atomic E-state index is 10.9. The summed E-state index contributed by atoms with van der Waals surface area (Å²) >= 11 is 23.6. The zero-order valence-electron chi connectivity index (χ0n) is 7.74. The maximum Gasteiger partial charge on any atom is 0.303 e. The van der Waals surface area contributed by atoms with Crippen LogP contribution in [0.15, 0.2) is 0 Å². The van der Waals surface area contributed by atoms with Gasteiger partial charge in [-0.25, -0.2) is 0 Å². The minimum absolute atomic E-state index is 0.437. The first-order valence-corrected chi connectivity index (χ1v) is 5.69. The van der Waals surface area contributed by atoms with E-state index in [9.17, 15) is 4.79 Å². The molecule has 0 aliphatic heterocycles. The van der Waals surface area contributed by atoms with Gasteiger partial charge < -0.3 is 4.74 Å². The molecule has 1 aliphatic carbocycles. The molecular formula is C8H10Cl4O2. The van der Waals surface area contributed by atoms with Crippen LogP contribution in [0.1, 0.15) is 26.7 Å². The van der Waals surface area contributed by atoms with Crippen molar-refractivity contribution in [2.75, 3.05) is 0 Å². The molecule has 2 nitrogen and oxygen atoms in total. The zero-order valence-corrected chi connectivity index (χ0v) is 10.8. The third-order valence-electron chi connectivity index (χ3n) is 2.27. The number of halogens is 4. The van der Waals surface area contributed by atoms with Crippen molar-refractivity contribution >= 4 is 52.4 Å². The summed E-state index contributed by atoms with van der Waals surface area (Å²) in [6.07, 6.45) is 1.16. The summed E-state index contributed by atoms with van der Waals surface area (Å²) in [5.74, 6) is -0.493. The summed E-state index contributed by atoms with van der Waals surface area (Å²) in [6.45, 7) is 3.17. The van der Waals surface area contributed by atoms with Gasteiger partial charge in [-0.1, -0.05) is 59.7 Å². The fraction of sp³-hybridized carbons (Fsp3) is 0.875. The summed E-state index contributed by atoms with van der Waals surface area (Å²) in [4.78, 5) is 10.9. The van der Waals surface area contributed by atoms with Crippen LogP contribution in [0.3, 0.4) is 0 Å². The minimum Gasteiger partial charge on any atom is -0.453 e. The zero-order chi connectivity index (χ0) is 11.2. The van der Waals surface area contributed by atoms with Crippen molar-refractivity contribution in [1.29, 1.82) is 0 Å². The molecule has 0 aromatic rings. The van der Waals surface area contributed by atoms with Crippen LogP contribution < -0.4 is 0 Å². The van der Waals surface area contributed by atoms with Gasteiger partial charge >= 0.3 is 5.97 Å². The number of carbonyl (C=O) groups excluding carboxylic acids is 1. The number of carbonyl (C=O) groups is 1. The summed E-state index contributed by atoms with van der Waals surface area (Å²) < 4.78 is 2.20. The molecule has 0 aromatic heterocycles. The van der Waals surface area contributed by atoms with Crippen LogP contribution in [0.5, 0.6) is 0 Å². The van der Waals surface area contributed by atoms with Gasteiger partial charge in [0.05, 0.1) is 0 Å². The lowest BCUT2D eigenvalue weighted by Crippen LogP contribution is -2.26. The molecule has 14 heavy (non-hydrogen) atoms. The minimum atomic E-state index is -1.43. The molecule has 1 saturated carbocycles. The molecular weight excluding hydrogens is 270 g/mol. The van der Waals surface area contributed by atoms with Crippen LogP contribution in [0, 0.1) is 0 Å². The summed E-state index contributed by atoms with van der Waals surface area (Å²) in [5.41, 5.74) is -1.17. The Morgan fingerprint density at radius 3 is 1.86 bits per heavy atom. The van der Waals surface area contributed by atoms with Crippen molar-refractivity contribution < 1.29 is 9.53 Å².